The zero-order chi connectivity index (χ0) is 20.8. The number of nitrogen functional groups attached to an aromatic ring is 1. The van der Waals surface area contributed by atoms with Crippen LogP contribution >= 0.6 is 11.3 Å². The Balaban J connectivity index is 1.43. The van der Waals surface area contributed by atoms with E-state index in [1.165, 1.54) is 11.3 Å². The highest BCUT2D eigenvalue weighted by Gasteiger charge is 2.26. The predicted molar refractivity (Wildman–Crippen MR) is 113 cm³/mol. The van der Waals surface area contributed by atoms with Crippen LogP contribution in [0.25, 0.3) is 21.3 Å². The van der Waals surface area contributed by atoms with Gasteiger partial charge in [0, 0.05) is 40.3 Å². The Labute approximate surface area is 174 Å². The molecule has 2 aromatic heterocycles. The number of halogens is 2. The standard InChI is InChI=1S/C22H16F2N4OS/c23-15-2-3-18(24)14(8-15)9-20(29)28-6-5-13-7-12(1-4-19(13)28)17-11-30-21-16(17)10-26-22(25)27-21/h1-4,7-8,10-11H,5-6,9H2,(H2,25,26,27). The number of hydrogen-bond donors (Lipinski definition) is 1. The molecule has 2 aromatic carbocycles. The smallest absolute Gasteiger partial charge is 0.231 e. The van der Waals surface area contributed by atoms with E-state index in [9.17, 15) is 13.6 Å². The molecule has 0 aliphatic carbocycles. The van der Waals surface area contributed by atoms with Crippen molar-refractivity contribution in [2.75, 3.05) is 17.2 Å². The summed E-state index contributed by atoms with van der Waals surface area (Å²) in [7, 11) is 0. The van der Waals surface area contributed by atoms with E-state index in [1.54, 1.807) is 11.1 Å². The molecule has 1 aliphatic heterocycles. The quantitative estimate of drug-likeness (QED) is 0.533. The van der Waals surface area contributed by atoms with Crippen LogP contribution in [-0.2, 0) is 17.6 Å². The Hall–Kier alpha value is -3.39. The highest BCUT2D eigenvalue weighted by molar-refractivity contribution is 7.17. The van der Waals surface area contributed by atoms with Crippen LogP contribution in [0.4, 0.5) is 20.4 Å². The topological polar surface area (TPSA) is 72.1 Å². The largest absolute Gasteiger partial charge is 0.368 e. The summed E-state index contributed by atoms with van der Waals surface area (Å²) in [6.07, 6.45) is 2.24. The van der Waals surface area contributed by atoms with E-state index < -0.39 is 11.6 Å². The van der Waals surface area contributed by atoms with Crippen LogP contribution in [0.1, 0.15) is 11.1 Å². The average molecular weight is 422 g/mol. The van der Waals surface area contributed by atoms with Gasteiger partial charge in [-0.2, -0.15) is 0 Å². The monoisotopic (exact) mass is 422 g/mol. The Kier molecular flexibility index (Phi) is 4.43. The second-order valence-electron chi connectivity index (χ2n) is 7.15. The van der Waals surface area contributed by atoms with Gasteiger partial charge in [0.1, 0.15) is 16.5 Å². The van der Waals surface area contributed by atoms with Crippen molar-refractivity contribution >= 4 is 39.1 Å². The number of nitrogens with zero attached hydrogens (tertiary/aromatic N) is 3. The Morgan fingerprint density at radius 2 is 2.07 bits per heavy atom. The molecule has 30 heavy (non-hydrogen) atoms. The Morgan fingerprint density at radius 1 is 1.20 bits per heavy atom. The van der Waals surface area contributed by atoms with Gasteiger partial charge >= 0.3 is 0 Å². The third-order valence-corrected chi connectivity index (χ3v) is 6.18. The lowest BCUT2D eigenvalue weighted by Gasteiger charge is -2.18. The number of benzene rings is 2. The van der Waals surface area contributed by atoms with E-state index in [2.05, 4.69) is 16.0 Å². The minimum atomic E-state index is -0.577. The summed E-state index contributed by atoms with van der Waals surface area (Å²) in [5.74, 6) is -1.14. The zero-order valence-electron chi connectivity index (χ0n) is 15.7. The van der Waals surface area contributed by atoms with Crippen LogP contribution in [0.15, 0.2) is 48.0 Å². The summed E-state index contributed by atoms with van der Waals surface area (Å²) in [6, 6.07) is 9.07. The number of fused-ring (bicyclic) bond motifs is 2. The number of hydrogen-bond acceptors (Lipinski definition) is 5. The first kappa shape index (κ1) is 18.6. The summed E-state index contributed by atoms with van der Waals surface area (Å²) < 4.78 is 27.3. The summed E-state index contributed by atoms with van der Waals surface area (Å²) >= 11 is 1.50. The fourth-order valence-electron chi connectivity index (χ4n) is 3.82. The van der Waals surface area contributed by atoms with Gasteiger partial charge in [0.25, 0.3) is 0 Å². The number of anilines is 2. The summed E-state index contributed by atoms with van der Waals surface area (Å²) in [5.41, 5.74) is 9.60. The van der Waals surface area contributed by atoms with Gasteiger partial charge in [-0.3, -0.25) is 4.79 Å². The third kappa shape index (κ3) is 3.19. The first-order chi connectivity index (χ1) is 14.5. The van der Waals surface area contributed by atoms with E-state index >= 15 is 0 Å². The van der Waals surface area contributed by atoms with E-state index in [4.69, 9.17) is 5.73 Å². The molecule has 1 amide bonds. The molecule has 0 spiro atoms. The molecule has 0 saturated carbocycles. The van der Waals surface area contributed by atoms with Crippen LogP contribution in [-0.4, -0.2) is 22.4 Å². The van der Waals surface area contributed by atoms with Crippen LogP contribution in [0, 0.1) is 11.6 Å². The molecule has 4 aromatic rings. The van der Waals surface area contributed by atoms with E-state index in [1.807, 2.05) is 17.5 Å². The lowest BCUT2D eigenvalue weighted by molar-refractivity contribution is -0.117. The van der Waals surface area contributed by atoms with Gasteiger partial charge < -0.3 is 10.6 Å². The lowest BCUT2D eigenvalue weighted by Crippen LogP contribution is -2.30. The fourth-order valence-corrected chi connectivity index (χ4v) is 4.75. The molecule has 150 valence electrons. The third-order valence-electron chi connectivity index (χ3n) is 5.29. The van der Waals surface area contributed by atoms with Crippen LogP contribution in [0.3, 0.4) is 0 Å². The molecule has 0 unspecified atom stereocenters. The predicted octanol–water partition coefficient (Wildman–Crippen LogP) is 4.35. The van der Waals surface area contributed by atoms with Crippen LogP contribution in [0.5, 0.6) is 0 Å². The maximum Gasteiger partial charge on any atom is 0.231 e. The van der Waals surface area contributed by atoms with Crippen molar-refractivity contribution in [3.63, 3.8) is 0 Å². The molecule has 8 heteroatoms. The molecule has 0 atom stereocenters. The van der Waals surface area contributed by atoms with Crippen molar-refractivity contribution in [2.24, 2.45) is 0 Å². The van der Waals surface area contributed by atoms with Gasteiger partial charge in [0.15, 0.2) is 0 Å². The number of carbonyl (C=O) groups excluding carboxylic acids is 1. The molecule has 1 aliphatic rings. The van der Waals surface area contributed by atoms with E-state index in [-0.39, 0.29) is 23.8 Å². The minimum absolute atomic E-state index is 0.0640. The fraction of sp³-hybridized carbons (Fsp3) is 0.136. The second-order valence-corrected chi connectivity index (χ2v) is 8.01. The Morgan fingerprint density at radius 3 is 2.93 bits per heavy atom. The highest BCUT2D eigenvalue weighted by Crippen LogP contribution is 2.37. The van der Waals surface area contributed by atoms with Crippen molar-refractivity contribution in [3.8, 4) is 11.1 Å². The molecule has 3 heterocycles. The molecule has 0 saturated heterocycles. The summed E-state index contributed by atoms with van der Waals surface area (Å²) in [4.78, 5) is 23.6. The molecule has 5 rings (SSSR count). The minimum Gasteiger partial charge on any atom is -0.368 e. The van der Waals surface area contributed by atoms with E-state index in [0.29, 0.717) is 13.0 Å². The average Bonchev–Trinajstić information content (AvgIpc) is 3.33. The SMILES string of the molecule is Nc1ncc2c(-c3ccc4c(c3)CCN4C(=O)Cc3cc(F)ccc3F)csc2n1. The first-order valence-electron chi connectivity index (χ1n) is 9.37. The number of thiophene rings is 1. The molecule has 2 N–H and O–H groups in total. The molecular formula is C22H16F2N4OS. The molecule has 0 radical (unpaired) electrons. The van der Waals surface area contributed by atoms with E-state index in [0.717, 1.165) is 50.8 Å². The van der Waals surface area contributed by atoms with Gasteiger partial charge in [-0.25, -0.2) is 18.7 Å². The normalized spacial score (nSPS) is 13.1. The molecule has 5 nitrogen and oxygen atoms in total. The molecule has 0 bridgehead atoms. The number of rotatable bonds is 3. The molecule has 0 fully saturated rings. The van der Waals surface area contributed by atoms with Crippen molar-refractivity contribution in [1.29, 1.82) is 0 Å². The number of carbonyl (C=O) groups is 1. The van der Waals surface area contributed by atoms with Crippen molar-refractivity contribution in [2.45, 2.75) is 12.8 Å². The van der Waals surface area contributed by atoms with Gasteiger partial charge in [-0.05, 0) is 47.9 Å². The Bertz CT molecular complexity index is 1300. The van der Waals surface area contributed by atoms with Crippen molar-refractivity contribution in [1.82, 2.24) is 9.97 Å². The summed E-state index contributed by atoms with van der Waals surface area (Å²) in [6.45, 7) is 0.512. The van der Waals surface area contributed by atoms with Gasteiger partial charge in [-0.15, -0.1) is 11.3 Å². The lowest BCUT2D eigenvalue weighted by atomic mass is 10.0. The van der Waals surface area contributed by atoms with Gasteiger partial charge in [0.2, 0.25) is 11.9 Å². The van der Waals surface area contributed by atoms with Crippen LogP contribution in [0.2, 0.25) is 0 Å². The van der Waals surface area contributed by atoms with Crippen LogP contribution < -0.4 is 10.6 Å². The highest BCUT2D eigenvalue weighted by atomic mass is 32.1. The second kappa shape index (κ2) is 7.14. The zero-order valence-corrected chi connectivity index (χ0v) is 16.5. The van der Waals surface area contributed by atoms with Gasteiger partial charge in [-0.1, -0.05) is 6.07 Å². The molecular weight excluding hydrogens is 406 g/mol. The number of aromatic nitrogens is 2. The first-order valence-corrected chi connectivity index (χ1v) is 10.2. The maximum absolute atomic E-state index is 13.9. The summed E-state index contributed by atoms with van der Waals surface area (Å²) in [5, 5.41) is 2.95. The van der Waals surface area contributed by atoms with Gasteiger partial charge in [0.05, 0.1) is 6.42 Å². The number of amides is 1. The maximum atomic E-state index is 13.9. The van der Waals surface area contributed by atoms with Crippen molar-refractivity contribution < 1.29 is 13.6 Å². The number of nitrogens with two attached hydrogens (primary N) is 1. The van der Waals surface area contributed by atoms with Crippen molar-refractivity contribution in [3.05, 3.63) is 70.7 Å².